The number of rotatable bonds is 44. The highest BCUT2D eigenvalue weighted by atomic mass is 31.2. The Labute approximate surface area is 348 Å². The maximum atomic E-state index is 12.8. The van der Waals surface area contributed by atoms with Crippen LogP contribution in [0.4, 0.5) is 0 Å². The fourth-order valence-electron chi connectivity index (χ4n) is 7.15. The van der Waals surface area contributed by atoms with Crippen LogP contribution in [0.25, 0.3) is 0 Å². The number of unbranched alkanes of at least 4 members (excludes halogenated alkanes) is 29. The summed E-state index contributed by atoms with van der Waals surface area (Å²) in [6, 6.07) is -0.793. The topological polar surface area (TPSA) is 108 Å². The summed E-state index contributed by atoms with van der Waals surface area (Å²) in [5.74, 6) is -0.166. The van der Waals surface area contributed by atoms with Crippen LogP contribution >= 0.6 is 7.82 Å². The second-order valence-corrected chi connectivity index (χ2v) is 19.2. The fourth-order valence-corrected chi connectivity index (χ4v) is 7.88. The molecule has 0 spiro atoms. The maximum absolute atomic E-state index is 12.8. The molecule has 0 heterocycles. The summed E-state index contributed by atoms with van der Waals surface area (Å²) < 4.78 is 23.2. The lowest BCUT2D eigenvalue weighted by atomic mass is 10.0. The number of quaternary nitrogens is 1. The summed E-state index contributed by atoms with van der Waals surface area (Å²) in [6.07, 6.45) is 45.4. The smallest absolute Gasteiger partial charge is 0.268 e. The molecule has 0 aliphatic heterocycles. The van der Waals surface area contributed by atoms with Crippen LogP contribution in [0.1, 0.15) is 232 Å². The Balaban J connectivity index is 3.96. The van der Waals surface area contributed by atoms with Crippen LogP contribution in [-0.2, 0) is 18.4 Å². The zero-order valence-corrected chi connectivity index (χ0v) is 38.7. The van der Waals surface area contributed by atoms with Gasteiger partial charge in [-0.2, -0.15) is 0 Å². The van der Waals surface area contributed by atoms with E-state index < -0.39 is 20.0 Å². The lowest BCUT2D eigenvalue weighted by molar-refractivity contribution is -0.870. The third-order valence-electron chi connectivity index (χ3n) is 11.0. The zero-order chi connectivity index (χ0) is 41.4. The van der Waals surface area contributed by atoms with Crippen LogP contribution in [0.5, 0.6) is 0 Å². The molecule has 0 saturated carbocycles. The van der Waals surface area contributed by atoms with Crippen molar-refractivity contribution in [3.8, 4) is 0 Å². The number of likely N-dealkylation sites (N-methyl/N-ethyl adjacent to an activating group) is 1. The van der Waals surface area contributed by atoms with Crippen molar-refractivity contribution in [1.29, 1.82) is 0 Å². The highest BCUT2D eigenvalue weighted by Gasteiger charge is 2.24. The number of nitrogens with one attached hydrogen (secondary N) is 1. The predicted octanol–water partition coefficient (Wildman–Crippen LogP) is 12.9. The first-order chi connectivity index (χ1) is 27.0. The van der Waals surface area contributed by atoms with E-state index in [2.05, 4.69) is 31.3 Å². The lowest BCUT2D eigenvalue weighted by Gasteiger charge is -2.30. The molecule has 9 heteroatoms. The van der Waals surface area contributed by atoms with Gasteiger partial charge in [0.15, 0.2) is 0 Å². The van der Waals surface area contributed by atoms with Gasteiger partial charge < -0.3 is 28.8 Å². The lowest BCUT2D eigenvalue weighted by Crippen LogP contribution is -2.46. The molecule has 2 N–H and O–H groups in total. The second kappa shape index (κ2) is 39.7. The summed E-state index contributed by atoms with van der Waals surface area (Å²) in [6.45, 7) is 4.68. The van der Waals surface area contributed by atoms with Crippen molar-refractivity contribution in [3.63, 3.8) is 0 Å². The molecule has 0 saturated heterocycles. The number of carbonyl (C=O) groups is 1. The van der Waals surface area contributed by atoms with Crippen molar-refractivity contribution in [2.24, 2.45) is 0 Å². The van der Waals surface area contributed by atoms with Crippen molar-refractivity contribution in [3.05, 3.63) is 12.2 Å². The van der Waals surface area contributed by atoms with E-state index in [0.717, 1.165) is 38.5 Å². The third kappa shape index (κ3) is 41.4. The van der Waals surface area contributed by atoms with Crippen molar-refractivity contribution in [2.45, 2.75) is 244 Å². The summed E-state index contributed by atoms with van der Waals surface area (Å²) in [4.78, 5) is 25.2. The Morgan fingerprint density at radius 3 is 1.39 bits per heavy atom. The average Bonchev–Trinajstić information content (AvgIpc) is 3.15. The standard InChI is InChI=1S/C47H95N2O6P/c1-6-8-10-12-14-15-16-17-18-19-20-21-22-23-24-25-26-27-28-29-30-31-32-33-35-37-39-41-47(51)48-45(46(50)40-38-36-34-13-11-9-7-2)44-55-56(52,53)54-43-42-49(3,4)5/h19-20,45-46,50H,6-18,21-44H2,1-5H3,(H-,48,51,52,53)/b20-19-. The van der Waals surface area contributed by atoms with Gasteiger partial charge in [-0.05, 0) is 38.5 Å². The quantitative estimate of drug-likeness (QED) is 0.0274. The van der Waals surface area contributed by atoms with Crippen LogP contribution in [0, 0.1) is 0 Å². The van der Waals surface area contributed by atoms with Gasteiger partial charge in [-0.1, -0.05) is 199 Å². The van der Waals surface area contributed by atoms with Gasteiger partial charge in [0.25, 0.3) is 7.82 Å². The van der Waals surface area contributed by atoms with Crippen molar-refractivity contribution in [2.75, 3.05) is 40.9 Å². The van der Waals surface area contributed by atoms with Crippen molar-refractivity contribution in [1.82, 2.24) is 5.32 Å². The van der Waals surface area contributed by atoms with Gasteiger partial charge in [0.2, 0.25) is 5.91 Å². The molecule has 56 heavy (non-hydrogen) atoms. The van der Waals surface area contributed by atoms with E-state index in [9.17, 15) is 19.4 Å². The number of aliphatic hydroxyl groups excluding tert-OH is 1. The van der Waals surface area contributed by atoms with Crippen LogP contribution in [-0.4, -0.2) is 68.5 Å². The second-order valence-electron chi connectivity index (χ2n) is 17.8. The van der Waals surface area contributed by atoms with E-state index in [-0.39, 0.29) is 19.1 Å². The SMILES string of the molecule is CCCCCCCCCC/C=C\CCCCCCCCCCCCCCCCCC(=O)NC(COP(=O)([O-])OCC[N+](C)(C)C)C(O)CCCCCCCCC. The molecule has 0 aromatic carbocycles. The minimum absolute atomic E-state index is 0.0140. The van der Waals surface area contributed by atoms with Gasteiger partial charge in [0.1, 0.15) is 13.2 Å². The van der Waals surface area contributed by atoms with Crippen LogP contribution in [0.2, 0.25) is 0 Å². The van der Waals surface area contributed by atoms with Gasteiger partial charge in [-0.25, -0.2) is 0 Å². The molecular formula is C47H95N2O6P. The van der Waals surface area contributed by atoms with E-state index in [0.29, 0.717) is 23.9 Å². The number of hydrogen-bond donors (Lipinski definition) is 2. The van der Waals surface area contributed by atoms with Gasteiger partial charge >= 0.3 is 0 Å². The number of carbonyl (C=O) groups excluding carboxylic acids is 1. The fraction of sp³-hybridized carbons (Fsp3) is 0.936. The Morgan fingerprint density at radius 1 is 0.607 bits per heavy atom. The van der Waals surface area contributed by atoms with E-state index in [1.165, 1.54) is 167 Å². The molecule has 3 unspecified atom stereocenters. The molecule has 0 bridgehead atoms. The van der Waals surface area contributed by atoms with E-state index >= 15 is 0 Å². The normalized spacial score (nSPS) is 14.3. The number of aliphatic hydroxyl groups is 1. The average molecular weight is 815 g/mol. The first kappa shape index (κ1) is 55.2. The molecule has 0 fully saturated rings. The Bertz CT molecular complexity index is 927. The molecule has 0 aliphatic rings. The van der Waals surface area contributed by atoms with E-state index in [4.69, 9.17) is 9.05 Å². The molecule has 334 valence electrons. The molecule has 0 aromatic heterocycles. The number of hydrogen-bond acceptors (Lipinski definition) is 6. The van der Waals surface area contributed by atoms with Gasteiger partial charge in [0.05, 0.1) is 39.9 Å². The molecule has 8 nitrogen and oxygen atoms in total. The molecule has 0 aliphatic carbocycles. The summed E-state index contributed by atoms with van der Waals surface area (Å²) in [5, 5.41) is 13.8. The number of allylic oxidation sites excluding steroid dienone is 2. The van der Waals surface area contributed by atoms with Crippen molar-refractivity contribution >= 4 is 13.7 Å². The van der Waals surface area contributed by atoms with Gasteiger partial charge in [0, 0.05) is 6.42 Å². The largest absolute Gasteiger partial charge is 0.756 e. The highest BCUT2D eigenvalue weighted by molar-refractivity contribution is 7.45. The minimum atomic E-state index is -4.55. The van der Waals surface area contributed by atoms with E-state index in [1.54, 1.807) is 0 Å². The van der Waals surface area contributed by atoms with Crippen LogP contribution in [0.3, 0.4) is 0 Å². The third-order valence-corrected chi connectivity index (χ3v) is 12.0. The molecular weight excluding hydrogens is 719 g/mol. The number of phosphoric ester groups is 1. The van der Waals surface area contributed by atoms with E-state index in [1.807, 2.05) is 21.1 Å². The number of phosphoric acid groups is 1. The monoisotopic (exact) mass is 815 g/mol. The summed E-state index contributed by atoms with van der Waals surface area (Å²) in [7, 11) is 1.31. The Kier molecular flexibility index (Phi) is 39.1. The van der Waals surface area contributed by atoms with Crippen LogP contribution in [0.15, 0.2) is 12.2 Å². The van der Waals surface area contributed by atoms with Gasteiger partial charge in [-0.15, -0.1) is 0 Å². The summed E-state index contributed by atoms with van der Waals surface area (Å²) in [5.41, 5.74) is 0. The molecule has 0 rings (SSSR count). The number of nitrogens with zero attached hydrogens (tertiary/aromatic N) is 1. The molecule has 1 amide bonds. The van der Waals surface area contributed by atoms with Crippen molar-refractivity contribution < 1.29 is 32.9 Å². The predicted molar refractivity (Wildman–Crippen MR) is 238 cm³/mol. The summed E-state index contributed by atoms with van der Waals surface area (Å²) >= 11 is 0. The minimum Gasteiger partial charge on any atom is -0.756 e. The first-order valence-corrected chi connectivity index (χ1v) is 25.5. The number of amides is 1. The van der Waals surface area contributed by atoms with Gasteiger partial charge in [-0.3, -0.25) is 9.36 Å². The molecule has 3 atom stereocenters. The highest BCUT2D eigenvalue weighted by Crippen LogP contribution is 2.38. The molecule has 0 radical (unpaired) electrons. The Hall–Kier alpha value is -0.760. The molecule has 0 aromatic rings. The van der Waals surface area contributed by atoms with Crippen LogP contribution < -0.4 is 10.2 Å². The zero-order valence-electron chi connectivity index (χ0n) is 37.9. The maximum Gasteiger partial charge on any atom is 0.268 e. The first-order valence-electron chi connectivity index (χ1n) is 24.0. The Morgan fingerprint density at radius 2 is 0.982 bits per heavy atom.